The summed E-state index contributed by atoms with van der Waals surface area (Å²) in [7, 11) is 3.11. The van der Waals surface area contributed by atoms with E-state index in [2.05, 4.69) is 27.9 Å². The third-order valence-electron chi connectivity index (χ3n) is 4.34. The summed E-state index contributed by atoms with van der Waals surface area (Å²) in [6.45, 7) is 0.205. The van der Waals surface area contributed by atoms with Crippen molar-refractivity contribution < 1.29 is 18.7 Å². The van der Waals surface area contributed by atoms with E-state index in [1.807, 2.05) is 36.4 Å². The predicted molar refractivity (Wildman–Crippen MR) is 122 cm³/mol. The number of nitrogens with one attached hydrogen (secondary N) is 1. The number of halogens is 1. The van der Waals surface area contributed by atoms with Gasteiger partial charge in [-0.05, 0) is 59.0 Å². The van der Waals surface area contributed by atoms with Crippen LogP contribution in [0.5, 0.6) is 11.5 Å². The highest BCUT2D eigenvalue weighted by Crippen LogP contribution is 2.25. The lowest BCUT2D eigenvalue weighted by Gasteiger charge is -2.11. The molecule has 6 nitrogen and oxygen atoms in total. The maximum atomic E-state index is 12.5. The molecule has 0 radical (unpaired) electrons. The van der Waals surface area contributed by atoms with E-state index in [1.165, 1.54) is 6.08 Å². The Bertz CT molecular complexity index is 1110. The largest absolute Gasteiger partial charge is 0.497 e. The average molecular weight is 514 g/mol. The molecule has 0 aliphatic rings. The molecule has 1 heterocycles. The zero-order chi connectivity index (χ0) is 21.5. The van der Waals surface area contributed by atoms with Crippen LogP contribution in [-0.2, 0) is 11.3 Å². The molecule has 0 atom stereocenters. The summed E-state index contributed by atoms with van der Waals surface area (Å²) in [6, 6.07) is 18.6. The van der Waals surface area contributed by atoms with Crippen molar-refractivity contribution in [3.8, 4) is 28.9 Å². The number of amides is 1. The summed E-state index contributed by atoms with van der Waals surface area (Å²) in [5, 5.41) is 12.1. The van der Waals surface area contributed by atoms with Crippen molar-refractivity contribution >= 4 is 34.6 Å². The van der Waals surface area contributed by atoms with E-state index in [0.717, 1.165) is 14.7 Å². The summed E-state index contributed by atoms with van der Waals surface area (Å²) in [5.74, 6) is 1.84. The molecule has 0 aliphatic heterocycles. The molecule has 3 aromatic rings. The van der Waals surface area contributed by atoms with Gasteiger partial charge < -0.3 is 19.2 Å². The highest BCUT2D eigenvalue weighted by atomic mass is 127. The summed E-state index contributed by atoms with van der Waals surface area (Å²) >= 11 is 2.23. The first kappa shape index (κ1) is 21.5. The van der Waals surface area contributed by atoms with Gasteiger partial charge in [-0.1, -0.05) is 12.1 Å². The van der Waals surface area contributed by atoms with E-state index in [1.54, 1.807) is 38.5 Å². The van der Waals surface area contributed by atoms with Crippen molar-refractivity contribution in [3.63, 3.8) is 0 Å². The predicted octanol–water partition coefficient (Wildman–Crippen LogP) is 4.79. The first-order valence-corrected chi connectivity index (χ1v) is 10.1. The highest BCUT2D eigenvalue weighted by Gasteiger charge is 2.13. The fourth-order valence-electron chi connectivity index (χ4n) is 2.76. The lowest BCUT2D eigenvalue weighted by Crippen LogP contribution is -2.24. The summed E-state index contributed by atoms with van der Waals surface area (Å²) in [5.41, 5.74) is 1.64. The van der Waals surface area contributed by atoms with Gasteiger partial charge in [-0.3, -0.25) is 4.79 Å². The lowest BCUT2D eigenvalue weighted by molar-refractivity contribution is -0.117. The third kappa shape index (κ3) is 5.21. The van der Waals surface area contributed by atoms with E-state index in [4.69, 9.17) is 13.9 Å². The van der Waals surface area contributed by atoms with Crippen molar-refractivity contribution in [1.29, 1.82) is 5.26 Å². The Balaban J connectivity index is 1.71. The fraction of sp³-hybridized carbons (Fsp3) is 0.130. The van der Waals surface area contributed by atoms with Gasteiger partial charge in [0, 0.05) is 33.4 Å². The van der Waals surface area contributed by atoms with Gasteiger partial charge in [0.05, 0.1) is 14.2 Å². The van der Waals surface area contributed by atoms with Gasteiger partial charge >= 0.3 is 0 Å². The maximum Gasteiger partial charge on any atom is 0.262 e. The quantitative estimate of drug-likeness (QED) is 0.279. The second-order valence-corrected chi connectivity index (χ2v) is 7.48. The molecule has 0 fully saturated rings. The monoisotopic (exact) mass is 514 g/mol. The molecule has 3 rings (SSSR count). The Morgan fingerprint density at radius 2 is 1.90 bits per heavy atom. The smallest absolute Gasteiger partial charge is 0.262 e. The normalized spacial score (nSPS) is 10.9. The molecule has 0 spiro atoms. The molecule has 2 aromatic carbocycles. The topological polar surface area (TPSA) is 84.5 Å². The summed E-state index contributed by atoms with van der Waals surface area (Å²) < 4.78 is 17.4. The van der Waals surface area contributed by atoms with Gasteiger partial charge in [-0.2, -0.15) is 5.26 Å². The molecule has 0 saturated carbocycles. The first-order chi connectivity index (χ1) is 14.5. The minimum Gasteiger partial charge on any atom is -0.497 e. The zero-order valence-electron chi connectivity index (χ0n) is 16.4. The average Bonchev–Trinajstić information content (AvgIpc) is 3.24. The number of carbonyl (C=O) groups excluding carboxylic acids is 1. The number of methoxy groups -OCH3 is 2. The van der Waals surface area contributed by atoms with Gasteiger partial charge in [0.1, 0.15) is 34.7 Å². The van der Waals surface area contributed by atoms with Crippen LogP contribution < -0.4 is 14.8 Å². The number of hydrogen-bond acceptors (Lipinski definition) is 5. The molecular formula is C23H19IN2O4. The van der Waals surface area contributed by atoms with Crippen LogP contribution in [-0.4, -0.2) is 20.1 Å². The highest BCUT2D eigenvalue weighted by molar-refractivity contribution is 14.1. The van der Waals surface area contributed by atoms with Crippen LogP contribution >= 0.6 is 22.6 Å². The second kappa shape index (κ2) is 9.98. The van der Waals surface area contributed by atoms with Gasteiger partial charge in [0.15, 0.2) is 0 Å². The van der Waals surface area contributed by atoms with Crippen LogP contribution in [0.2, 0.25) is 0 Å². The standard InChI is InChI=1S/C23H19IN2O4/c1-28-19-8-5-16(22(12-19)29-2)14-26-23(27)17(13-25)11-20-9-10-21(30-20)15-3-6-18(24)7-4-15/h3-12H,14H2,1-2H3,(H,26,27)/b17-11+. The van der Waals surface area contributed by atoms with E-state index in [9.17, 15) is 10.1 Å². The molecule has 152 valence electrons. The second-order valence-electron chi connectivity index (χ2n) is 6.24. The number of nitriles is 1. The molecule has 30 heavy (non-hydrogen) atoms. The van der Waals surface area contributed by atoms with E-state index < -0.39 is 5.91 Å². The zero-order valence-corrected chi connectivity index (χ0v) is 18.6. The van der Waals surface area contributed by atoms with Gasteiger partial charge in [-0.15, -0.1) is 0 Å². The van der Waals surface area contributed by atoms with Crippen molar-refractivity contribution in [2.75, 3.05) is 14.2 Å². The van der Waals surface area contributed by atoms with Crippen LogP contribution in [0.1, 0.15) is 11.3 Å². The Kier molecular flexibility index (Phi) is 7.14. The molecule has 0 bridgehead atoms. The third-order valence-corrected chi connectivity index (χ3v) is 5.06. The number of furan rings is 1. The minimum absolute atomic E-state index is 0.0500. The van der Waals surface area contributed by atoms with Gasteiger partial charge in [-0.25, -0.2) is 0 Å². The van der Waals surface area contributed by atoms with Gasteiger partial charge in [0.2, 0.25) is 0 Å². The van der Waals surface area contributed by atoms with E-state index in [-0.39, 0.29) is 12.1 Å². The molecule has 0 saturated heterocycles. The van der Waals surface area contributed by atoms with Crippen LogP contribution in [0.3, 0.4) is 0 Å². The van der Waals surface area contributed by atoms with Gasteiger partial charge in [0.25, 0.3) is 5.91 Å². The number of hydrogen-bond donors (Lipinski definition) is 1. The number of ether oxygens (including phenoxy) is 2. The van der Waals surface area contributed by atoms with E-state index >= 15 is 0 Å². The number of nitrogens with zero attached hydrogens (tertiary/aromatic N) is 1. The molecule has 0 aliphatic carbocycles. The lowest BCUT2D eigenvalue weighted by atomic mass is 10.1. The molecule has 1 amide bonds. The van der Waals surface area contributed by atoms with E-state index in [0.29, 0.717) is 23.0 Å². The van der Waals surface area contributed by atoms with Crippen molar-refractivity contribution in [2.45, 2.75) is 6.54 Å². The molecule has 0 unspecified atom stereocenters. The SMILES string of the molecule is COc1ccc(CNC(=O)/C(C#N)=C/c2ccc(-c3ccc(I)cc3)o2)c(OC)c1. The molecular weight excluding hydrogens is 495 g/mol. The molecule has 1 N–H and O–H groups in total. The Morgan fingerprint density at radius 1 is 1.13 bits per heavy atom. The van der Waals surface area contributed by atoms with Crippen LogP contribution in [0.15, 0.2) is 64.6 Å². The van der Waals surface area contributed by atoms with Crippen LogP contribution in [0.25, 0.3) is 17.4 Å². The Labute approximate surface area is 188 Å². The number of benzene rings is 2. The maximum absolute atomic E-state index is 12.5. The summed E-state index contributed by atoms with van der Waals surface area (Å²) in [4.78, 5) is 12.5. The minimum atomic E-state index is -0.498. The first-order valence-electron chi connectivity index (χ1n) is 9.00. The Hall–Kier alpha value is -3.25. The number of carbonyl (C=O) groups is 1. The molecule has 7 heteroatoms. The fourth-order valence-corrected chi connectivity index (χ4v) is 3.12. The summed E-state index contributed by atoms with van der Waals surface area (Å²) in [6.07, 6.45) is 1.43. The van der Waals surface area contributed by atoms with Crippen molar-refractivity contribution in [3.05, 3.63) is 75.1 Å². The molecule has 1 aromatic heterocycles. The van der Waals surface area contributed by atoms with Crippen molar-refractivity contribution in [1.82, 2.24) is 5.32 Å². The number of rotatable bonds is 7. The van der Waals surface area contributed by atoms with Crippen LogP contribution in [0.4, 0.5) is 0 Å². The van der Waals surface area contributed by atoms with Crippen molar-refractivity contribution in [2.24, 2.45) is 0 Å². The Morgan fingerprint density at radius 3 is 2.57 bits per heavy atom. The van der Waals surface area contributed by atoms with Crippen LogP contribution in [0, 0.1) is 14.9 Å².